The monoisotopic (exact) mass is 394 g/mol. The van der Waals surface area contributed by atoms with Crippen molar-refractivity contribution in [2.75, 3.05) is 6.54 Å². The molecule has 0 amide bonds. The van der Waals surface area contributed by atoms with Crippen LogP contribution in [0.4, 0.5) is 0 Å². The minimum absolute atomic E-state index is 0.123. The molecule has 0 saturated carbocycles. The second-order valence-corrected chi connectivity index (χ2v) is 9.88. The maximum atomic E-state index is 13.2. The summed E-state index contributed by atoms with van der Waals surface area (Å²) in [6, 6.07) is 2.89. The van der Waals surface area contributed by atoms with Crippen molar-refractivity contribution in [3.63, 3.8) is 0 Å². The van der Waals surface area contributed by atoms with Crippen molar-refractivity contribution in [3.8, 4) is 0 Å². The van der Waals surface area contributed by atoms with Crippen LogP contribution in [0.1, 0.15) is 50.8 Å². The van der Waals surface area contributed by atoms with Crippen molar-refractivity contribution in [1.82, 2.24) is 19.2 Å². The number of sulfonamides is 1. The molecule has 148 valence electrons. The van der Waals surface area contributed by atoms with E-state index in [-0.39, 0.29) is 34.2 Å². The predicted molar refractivity (Wildman–Crippen MR) is 100 cm³/mol. The third-order valence-corrected chi connectivity index (χ3v) is 7.07. The van der Waals surface area contributed by atoms with Gasteiger partial charge < -0.3 is 4.52 Å². The number of hydrogen-bond donors (Lipinski definition) is 0. The molecular formula is C18H26N4O4S. The van der Waals surface area contributed by atoms with Crippen molar-refractivity contribution in [1.29, 1.82) is 0 Å². The Morgan fingerprint density at radius 3 is 2.56 bits per heavy atom. The Bertz CT molecular complexity index is 982. The fraction of sp³-hybridized carbons (Fsp3) is 0.611. The van der Waals surface area contributed by atoms with E-state index in [0.717, 1.165) is 12.1 Å². The van der Waals surface area contributed by atoms with E-state index in [9.17, 15) is 13.2 Å². The largest absolute Gasteiger partial charge is 0.360 e. The molecule has 1 fully saturated rings. The summed E-state index contributed by atoms with van der Waals surface area (Å²) in [6.07, 6.45) is 1.41. The highest BCUT2D eigenvalue weighted by Gasteiger charge is 2.39. The Morgan fingerprint density at radius 2 is 1.96 bits per heavy atom. The minimum atomic E-state index is -3.74. The van der Waals surface area contributed by atoms with Crippen molar-refractivity contribution in [2.24, 2.45) is 0 Å². The minimum Gasteiger partial charge on any atom is -0.360 e. The standard InChI is InChI=1S/C18H26N4O4S/c1-12-17(13(2)26-20-12)27(24,25)22-10-6-7-14(22)11-21-16(23)9-8-15(19-21)18(3,4)5/h8-9,14H,6-7,10-11H2,1-5H3. The zero-order valence-electron chi connectivity index (χ0n) is 16.4. The molecule has 9 heteroatoms. The summed E-state index contributed by atoms with van der Waals surface area (Å²) in [5.74, 6) is 0.281. The van der Waals surface area contributed by atoms with Crippen LogP contribution in [0.25, 0.3) is 0 Å². The molecule has 0 N–H and O–H groups in total. The highest BCUT2D eigenvalue weighted by Crippen LogP contribution is 2.30. The van der Waals surface area contributed by atoms with Gasteiger partial charge in [0, 0.05) is 24.1 Å². The van der Waals surface area contributed by atoms with Gasteiger partial charge in [-0.05, 0) is 32.8 Å². The average Bonchev–Trinajstić information content (AvgIpc) is 3.15. The summed E-state index contributed by atoms with van der Waals surface area (Å²) in [7, 11) is -3.74. The zero-order valence-corrected chi connectivity index (χ0v) is 17.2. The Balaban J connectivity index is 1.94. The molecule has 1 saturated heterocycles. The molecule has 3 rings (SSSR count). The lowest BCUT2D eigenvalue weighted by atomic mass is 9.92. The van der Waals surface area contributed by atoms with Crippen LogP contribution < -0.4 is 5.56 Å². The molecule has 27 heavy (non-hydrogen) atoms. The van der Waals surface area contributed by atoms with Crippen LogP contribution in [-0.2, 0) is 22.0 Å². The normalized spacial score (nSPS) is 18.9. The first-order valence-electron chi connectivity index (χ1n) is 9.05. The van der Waals surface area contributed by atoms with Gasteiger partial charge in [0.05, 0.1) is 12.2 Å². The van der Waals surface area contributed by atoms with Crippen LogP contribution in [0, 0.1) is 13.8 Å². The lowest BCUT2D eigenvalue weighted by Crippen LogP contribution is -2.41. The maximum absolute atomic E-state index is 13.2. The molecule has 0 aromatic carbocycles. The molecule has 3 heterocycles. The Kier molecular flexibility index (Phi) is 5.02. The third kappa shape index (κ3) is 3.70. The topological polar surface area (TPSA) is 98.3 Å². The van der Waals surface area contributed by atoms with Gasteiger partial charge in [0.15, 0.2) is 5.76 Å². The van der Waals surface area contributed by atoms with Crippen molar-refractivity contribution < 1.29 is 12.9 Å². The van der Waals surface area contributed by atoms with E-state index < -0.39 is 10.0 Å². The Morgan fingerprint density at radius 1 is 1.26 bits per heavy atom. The van der Waals surface area contributed by atoms with Crippen molar-refractivity contribution in [2.45, 2.75) is 70.4 Å². The third-order valence-electron chi connectivity index (χ3n) is 4.88. The highest BCUT2D eigenvalue weighted by molar-refractivity contribution is 7.89. The summed E-state index contributed by atoms with van der Waals surface area (Å²) in [6.45, 7) is 9.91. The van der Waals surface area contributed by atoms with Gasteiger partial charge in [0.1, 0.15) is 10.6 Å². The first-order valence-corrected chi connectivity index (χ1v) is 10.5. The molecule has 1 unspecified atom stereocenters. The van der Waals surface area contributed by atoms with Crippen molar-refractivity contribution >= 4 is 10.0 Å². The van der Waals surface area contributed by atoms with Crippen LogP contribution in [-0.4, -0.2) is 40.2 Å². The number of aromatic nitrogens is 3. The summed E-state index contributed by atoms with van der Waals surface area (Å²) in [5, 5.41) is 8.24. The smallest absolute Gasteiger partial charge is 0.266 e. The molecule has 1 aliphatic rings. The molecule has 0 spiro atoms. The highest BCUT2D eigenvalue weighted by atomic mass is 32.2. The summed E-state index contributed by atoms with van der Waals surface area (Å²) in [5.41, 5.74) is 0.709. The van der Waals surface area contributed by atoms with Crippen LogP contribution in [0.3, 0.4) is 0 Å². The molecule has 1 aliphatic heterocycles. The average molecular weight is 394 g/mol. The lowest BCUT2D eigenvalue weighted by molar-refractivity contribution is 0.330. The summed E-state index contributed by atoms with van der Waals surface area (Å²) < 4.78 is 34.2. The predicted octanol–water partition coefficient (Wildman–Crippen LogP) is 2.00. The van der Waals surface area contributed by atoms with Gasteiger partial charge in [-0.25, -0.2) is 13.1 Å². The van der Waals surface area contributed by atoms with Gasteiger partial charge in [-0.2, -0.15) is 9.40 Å². The molecular weight excluding hydrogens is 368 g/mol. The maximum Gasteiger partial charge on any atom is 0.266 e. The summed E-state index contributed by atoms with van der Waals surface area (Å²) in [4.78, 5) is 12.4. The van der Waals surface area contributed by atoms with Crippen LogP contribution >= 0.6 is 0 Å². The first kappa shape index (κ1) is 19.8. The van der Waals surface area contributed by atoms with E-state index in [1.807, 2.05) is 20.8 Å². The molecule has 0 bridgehead atoms. The van der Waals surface area contributed by atoms with Gasteiger partial charge in [-0.1, -0.05) is 25.9 Å². The molecule has 1 atom stereocenters. The van der Waals surface area contributed by atoms with E-state index >= 15 is 0 Å². The second-order valence-electron chi connectivity index (χ2n) is 8.05. The van der Waals surface area contributed by atoms with E-state index in [1.54, 1.807) is 19.9 Å². The number of nitrogens with zero attached hydrogens (tertiary/aromatic N) is 4. The fourth-order valence-electron chi connectivity index (χ4n) is 3.45. The van der Waals surface area contributed by atoms with Crippen LogP contribution in [0.5, 0.6) is 0 Å². The SMILES string of the molecule is Cc1noc(C)c1S(=O)(=O)N1CCCC1Cn1nc(C(C)(C)C)ccc1=O. The van der Waals surface area contributed by atoms with Gasteiger partial charge in [0.25, 0.3) is 5.56 Å². The molecule has 8 nitrogen and oxygen atoms in total. The van der Waals surface area contributed by atoms with Gasteiger partial charge in [-0.15, -0.1) is 0 Å². The van der Waals surface area contributed by atoms with Gasteiger partial charge in [0.2, 0.25) is 10.0 Å². The molecule has 0 radical (unpaired) electrons. The van der Waals surface area contributed by atoms with E-state index in [0.29, 0.717) is 18.7 Å². The lowest BCUT2D eigenvalue weighted by Gasteiger charge is -2.25. The first-order chi connectivity index (χ1) is 12.5. The zero-order chi connectivity index (χ0) is 20.0. The van der Waals surface area contributed by atoms with E-state index in [1.165, 1.54) is 15.1 Å². The quantitative estimate of drug-likeness (QED) is 0.787. The number of hydrogen-bond acceptors (Lipinski definition) is 6. The second kappa shape index (κ2) is 6.87. The fourth-order valence-corrected chi connectivity index (χ4v) is 5.43. The van der Waals surface area contributed by atoms with Gasteiger partial charge >= 0.3 is 0 Å². The van der Waals surface area contributed by atoms with Crippen LogP contribution in [0.2, 0.25) is 0 Å². The van der Waals surface area contributed by atoms with Crippen molar-refractivity contribution in [3.05, 3.63) is 39.6 Å². The Hall–Kier alpha value is -2.00. The molecule has 0 aliphatic carbocycles. The Labute approximate surface area is 159 Å². The molecule has 2 aromatic rings. The van der Waals surface area contributed by atoms with Gasteiger partial charge in [-0.3, -0.25) is 4.79 Å². The molecule has 2 aromatic heterocycles. The van der Waals surface area contributed by atoms with E-state index in [4.69, 9.17) is 4.52 Å². The number of aryl methyl sites for hydroxylation is 2. The summed E-state index contributed by atoms with van der Waals surface area (Å²) >= 11 is 0. The van der Waals surface area contributed by atoms with Crippen LogP contribution in [0.15, 0.2) is 26.3 Å². The number of rotatable bonds is 4. The van der Waals surface area contributed by atoms with E-state index in [2.05, 4.69) is 10.3 Å².